The standard InChI is InChI=1S/C9H16N2O2/c1-2-8(12)13-7-5-3-4-6-9(7,10)11/h2,7H,1,3-6,10-11H2. The molecule has 1 saturated carbocycles. The van der Waals surface area contributed by atoms with Crippen molar-refractivity contribution in [2.45, 2.75) is 37.5 Å². The molecule has 0 amide bonds. The van der Waals surface area contributed by atoms with E-state index in [4.69, 9.17) is 16.2 Å². The van der Waals surface area contributed by atoms with E-state index in [1.54, 1.807) is 0 Å². The van der Waals surface area contributed by atoms with Crippen molar-refractivity contribution in [2.75, 3.05) is 0 Å². The smallest absolute Gasteiger partial charge is 0.330 e. The Morgan fingerprint density at radius 2 is 2.23 bits per heavy atom. The van der Waals surface area contributed by atoms with Crippen LogP contribution in [0, 0.1) is 0 Å². The van der Waals surface area contributed by atoms with Gasteiger partial charge in [-0.25, -0.2) is 4.79 Å². The Hall–Kier alpha value is -0.870. The zero-order valence-corrected chi connectivity index (χ0v) is 7.66. The number of carbonyl (C=O) groups is 1. The van der Waals surface area contributed by atoms with Crippen molar-refractivity contribution >= 4 is 5.97 Å². The van der Waals surface area contributed by atoms with Gasteiger partial charge in [0.25, 0.3) is 0 Å². The lowest BCUT2D eigenvalue weighted by Crippen LogP contribution is -2.61. The molecule has 1 rings (SSSR count). The molecule has 0 aromatic heterocycles. The maximum atomic E-state index is 10.9. The number of hydrogen-bond donors (Lipinski definition) is 2. The fraction of sp³-hybridized carbons (Fsp3) is 0.667. The summed E-state index contributed by atoms with van der Waals surface area (Å²) in [5, 5.41) is 0. The van der Waals surface area contributed by atoms with Crippen LogP contribution in [-0.4, -0.2) is 17.7 Å². The van der Waals surface area contributed by atoms with Gasteiger partial charge in [0, 0.05) is 6.08 Å². The molecule has 1 fully saturated rings. The molecule has 0 radical (unpaired) electrons. The van der Waals surface area contributed by atoms with Gasteiger partial charge in [-0.2, -0.15) is 0 Å². The first-order valence-electron chi connectivity index (χ1n) is 4.47. The van der Waals surface area contributed by atoms with Crippen LogP contribution in [0.2, 0.25) is 0 Å². The second kappa shape index (κ2) is 3.89. The number of esters is 1. The molecule has 0 aliphatic heterocycles. The first-order chi connectivity index (χ1) is 6.06. The van der Waals surface area contributed by atoms with E-state index in [0.29, 0.717) is 6.42 Å². The molecule has 0 aromatic carbocycles. The summed E-state index contributed by atoms with van der Waals surface area (Å²) in [7, 11) is 0. The number of ether oxygens (including phenoxy) is 1. The normalized spacial score (nSPS) is 26.5. The Balaban J connectivity index is 2.55. The molecule has 1 aliphatic carbocycles. The van der Waals surface area contributed by atoms with Crippen molar-refractivity contribution in [3.63, 3.8) is 0 Å². The molecule has 0 aromatic rings. The molecule has 1 unspecified atom stereocenters. The maximum absolute atomic E-state index is 10.9. The van der Waals surface area contributed by atoms with Gasteiger partial charge in [0.05, 0.1) is 0 Å². The lowest BCUT2D eigenvalue weighted by atomic mass is 9.87. The van der Waals surface area contributed by atoms with Crippen molar-refractivity contribution in [3.8, 4) is 0 Å². The second-order valence-electron chi connectivity index (χ2n) is 3.49. The number of nitrogens with two attached hydrogens (primary N) is 2. The van der Waals surface area contributed by atoms with E-state index in [0.717, 1.165) is 25.3 Å². The molecule has 1 aliphatic rings. The SMILES string of the molecule is C=CC(=O)OC1CCCCC1(N)N. The van der Waals surface area contributed by atoms with Gasteiger partial charge in [0.15, 0.2) is 0 Å². The molecule has 1 atom stereocenters. The average Bonchev–Trinajstić information content (AvgIpc) is 2.08. The van der Waals surface area contributed by atoms with Crippen LogP contribution in [-0.2, 0) is 9.53 Å². The van der Waals surface area contributed by atoms with Gasteiger partial charge in [0.1, 0.15) is 11.8 Å². The minimum Gasteiger partial charge on any atom is -0.456 e. The molecule has 0 spiro atoms. The lowest BCUT2D eigenvalue weighted by Gasteiger charge is -2.36. The molecule has 0 bridgehead atoms. The molecular weight excluding hydrogens is 168 g/mol. The lowest BCUT2D eigenvalue weighted by molar-refractivity contribution is -0.148. The minimum absolute atomic E-state index is 0.369. The van der Waals surface area contributed by atoms with Gasteiger partial charge < -0.3 is 16.2 Å². The first-order valence-corrected chi connectivity index (χ1v) is 4.47. The summed E-state index contributed by atoms with van der Waals surface area (Å²) in [4.78, 5) is 10.9. The van der Waals surface area contributed by atoms with E-state index in [2.05, 4.69) is 6.58 Å². The van der Waals surface area contributed by atoms with Crippen LogP contribution in [0.25, 0.3) is 0 Å². The predicted molar refractivity (Wildman–Crippen MR) is 49.7 cm³/mol. The van der Waals surface area contributed by atoms with Crippen LogP contribution < -0.4 is 11.5 Å². The maximum Gasteiger partial charge on any atom is 0.330 e. The van der Waals surface area contributed by atoms with E-state index in [1.165, 1.54) is 0 Å². The highest BCUT2D eigenvalue weighted by molar-refractivity contribution is 5.81. The van der Waals surface area contributed by atoms with Crippen LogP contribution >= 0.6 is 0 Å². The van der Waals surface area contributed by atoms with E-state index in [9.17, 15) is 4.79 Å². The van der Waals surface area contributed by atoms with Crippen LogP contribution in [0.1, 0.15) is 25.7 Å². The third kappa shape index (κ3) is 2.54. The highest BCUT2D eigenvalue weighted by atomic mass is 16.5. The molecule has 4 heteroatoms. The fourth-order valence-electron chi connectivity index (χ4n) is 1.55. The Labute approximate surface area is 77.9 Å². The van der Waals surface area contributed by atoms with Crippen LogP contribution in [0.3, 0.4) is 0 Å². The van der Waals surface area contributed by atoms with E-state index >= 15 is 0 Å². The predicted octanol–water partition coefficient (Wildman–Crippen LogP) is 0.272. The molecule has 74 valence electrons. The largest absolute Gasteiger partial charge is 0.456 e. The third-order valence-corrected chi connectivity index (χ3v) is 2.35. The quantitative estimate of drug-likeness (QED) is 0.367. The van der Waals surface area contributed by atoms with E-state index in [1.807, 2.05) is 0 Å². The number of rotatable bonds is 2. The van der Waals surface area contributed by atoms with Crippen LogP contribution in [0.5, 0.6) is 0 Å². The van der Waals surface area contributed by atoms with Gasteiger partial charge in [0.2, 0.25) is 0 Å². The summed E-state index contributed by atoms with van der Waals surface area (Å²) in [5.41, 5.74) is 10.7. The Kier molecular flexibility index (Phi) is 3.06. The van der Waals surface area contributed by atoms with Gasteiger partial charge in [-0.3, -0.25) is 0 Å². The average molecular weight is 184 g/mol. The molecule has 13 heavy (non-hydrogen) atoms. The topological polar surface area (TPSA) is 78.3 Å². The summed E-state index contributed by atoms with van der Waals surface area (Å²) >= 11 is 0. The minimum atomic E-state index is -0.864. The van der Waals surface area contributed by atoms with Gasteiger partial charge in [-0.1, -0.05) is 6.58 Å². The molecule has 4 N–H and O–H groups in total. The van der Waals surface area contributed by atoms with Crippen LogP contribution in [0.15, 0.2) is 12.7 Å². The second-order valence-corrected chi connectivity index (χ2v) is 3.49. The summed E-state index contributed by atoms with van der Waals surface area (Å²) in [6.07, 6.45) is 4.20. The first kappa shape index (κ1) is 10.2. The summed E-state index contributed by atoms with van der Waals surface area (Å²) < 4.78 is 5.05. The molecular formula is C9H16N2O2. The van der Waals surface area contributed by atoms with Gasteiger partial charge >= 0.3 is 5.97 Å². The zero-order valence-electron chi connectivity index (χ0n) is 7.66. The summed E-state index contributed by atoms with van der Waals surface area (Å²) in [6, 6.07) is 0. The number of carbonyl (C=O) groups excluding carboxylic acids is 1. The fourth-order valence-corrected chi connectivity index (χ4v) is 1.55. The summed E-state index contributed by atoms with van der Waals surface area (Å²) in [6.45, 7) is 3.32. The van der Waals surface area contributed by atoms with Crippen molar-refractivity contribution in [3.05, 3.63) is 12.7 Å². The van der Waals surface area contributed by atoms with E-state index in [-0.39, 0.29) is 6.10 Å². The van der Waals surface area contributed by atoms with Crippen molar-refractivity contribution in [1.82, 2.24) is 0 Å². The van der Waals surface area contributed by atoms with Crippen molar-refractivity contribution in [2.24, 2.45) is 11.5 Å². The van der Waals surface area contributed by atoms with Crippen molar-refractivity contribution in [1.29, 1.82) is 0 Å². The zero-order chi connectivity index (χ0) is 9.90. The van der Waals surface area contributed by atoms with Gasteiger partial charge in [-0.05, 0) is 25.7 Å². The molecule has 0 saturated heterocycles. The monoisotopic (exact) mass is 184 g/mol. The Morgan fingerprint density at radius 3 is 2.77 bits per heavy atom. The highest BCUT2D eigenvalue weighted by Crippen LogP contribution is 2.24. The van der Waals surface area contributed by atoms with Gasteiger partial charge in [-0.15, -0.1) is 0 Å². The third-order valence-electron chi connectivity index (χ3n) is 2.35. The molecule has 4 nitrogen and oxygen atoms in total. The van der Waals surface area contributed by atoms with E-state index < -0.39 is 11.6 Å². The molecule has 0 heterocycles. The Bertz CT molecular complexity index is 214. The number of hydrogen-bond acceptors (Lipinski definition) is 4. The Morgan fingerprint density at radius 1 is 1.54 bits per heavy atom. The summed E-state index contributed by atoms with van der Waals surface area (Å²) in [5.74, 6) is -0.452. The van der Waals surface area contributed by atoms with Crippen molar-refractivity contribution < 1.29 is 9.53 Å². The van der Waals surface area contributed by atoms with Crippen LogP contribution in [0.4, 0.5) is 0 Å². The highest BCUT2D eigenvalue weighted by Gasteiger charge is 2.35.